The summed E-state index contributed by atoms with van der Waals surface area (Å²) in [6.45, 7) is 0. The molecule has 2 rings (SSSR count). The predicted molar refractivity (Wildman–Crippen MR) is 55.3 cm³/mol. The number of carbonyl (C=O) groups excluding carboxylic acids is 1. The lowest BCUT2D eigenvalue weighted by Crippen LogP contribution is -2.47. The van der Waals surface area contributed by atoms with Crippen LogP contribution in [0.2, 0.25) is 0 Å². The summed E-state index contributed by atoms with van der Waals surface area (Å²) < 4.78 is 25.7. The van der Waals surface area contributed by atoms with Crippen LogP contribution in [0.4, 0.5) is 13.6 Å². The van der Waals surface area contributed by atoms with Gasteiger partial charge in [-0.15, -0.1) is 0 Å². The summed E-state index contributed by atoms with van der Waals surface area (Å²) in [5.74, 6) is -1.75. The number of rotatable bonds is 2. The fraction of sp³-hybridized carbons (Fsp3) is 0.364. The summed E-state index contributed by atoms with van der Waals surface area (Å²) in [7, 11) is 0. The van der Waals surface area contributed by atoms with Gasteiger partial charge < -0.3 is 5.73 Å². The van der Waals surface area contributed by atoms with Gasteiger partial charge in [0, 0.05) is 0 Å². The Morgan fingerprint density at radius 3 is 2.53 bits per heavy atom. The first kappa shape index (κ1) is 11.8. The molecule has 3 N–H and O–H groups in total. The van der Waals surface area contributed by atoms with Crippen LogP contribution in [0, 0.1) is 11.6 Å². The molecule has 0 atom stereocenters. The summed E-state index contributed by atoms with van der Waals surface area (Å²) in [6.07, 6.45) is 0.981. The standard InChI is InChI=1S/C11H12F2N2O2/c12-9-2-1-6(5-10(9)13)7-3-8(4-7)15(17)11(14)16/h1-2,5,7-8,17H,3-4H2,(H2,14,16)/t7-,8-. The molecular weight excluding hydrogens is 230 g/mol. The maximum absolute atomic E-state index is 13.0. The second kappa shape index (κ2) is 4.29. The van der Waals surface area contributed by atoms with Gasteiger partial charge in [0.25, 0.3) is 0 Å². The highest BCUT2D eigenvalue weighted by atomic mass is 19.2. The molecule has 4 nitrogen and oxygen atoms in total. The maximum atomic E-state index is 13.0. The van der Waals surface area contributed by atoms with Crippen LogP contribution < -0.4 is 5.73 Å². The molecule has 0 aliphatic heterocycles. The summed E-state index contributed by atoms with van der Waals surface area (Å²) in [4.78, 5) is 10.7. The molecule has 0 radical (unpaired) electrons. The molecule has 1 saturated carbocycles. The van der Waals surface area contributed by atoms with Gasteiger partial charge >= 0.3 is 6.03 Å². The minimum absolute atomic E-state index is 0.0177. The van der Waals surface area contributed by atoms with E-state index in [4.69, 9.17) is 5.73 Å². The third-order valence-corrected chi connectivity index (χ3v) is 3.10. The van der Waals surface area contributed by atoms with Gasteiger partial charge in [-0.3, -0.25) is 5.21 Å². The Bertz CT molecular complexity index is 447. The van der Waals surface area contributed by atoms with Crippen molar-refractivity contribution in [3.05, 3.63) is 35.4 Å². The Labute approximate surface area is 96.6 Å². The van der Waals surface area contributed by atoms with Crippen molar-refractivity contribution in [3.63, 3.8) is 0 Å². The molecule has 6 heteroatoms. The number of halogens is 2. The third kappa shape index (κ3) is 2.21. The van der Waals surface area contributed by atoms with Crippen molar-refractivity contribution in [2.45, 2.75) is 24.8 Å². The summed E-state index contributed by atoms with van der Waals surface area (Å²) in [5.41, 5.74) is 5.57. The minimum Gasteiger partial charge on any atom is -0.350 e. The number of nitrogens with zero attached hydrogens (tertiary/aromatic N) is 1. The lowest BCUT2D eigenvalue weighted by molar-refractivity contribution is -0.102. The highest BCUT2D eigenvalue weighted by Crippen LogP contribution is 2.39. The van der Waals surface area contributed by atoms with Crippen molar-refractivity contribution in [1.29, 1.82) is 0 Å². The average molecular weight is 242 g/mol. The molecule has 1 aliphatic carbocycles. The lowest BCUT2D eigenvalue weighted by atomic mass is 9.75. The average Bonchev–Trinajstić information content (AvgIpc) is 2.20. The van der Waals surface area contributed by atoms with Crippen molar-refractivity contribution in [2.75, 3.05) is 0 Å². The van der Waals surface area contributed by atoms with Gasteiger partial charge in [0.15, 0.2) is 11.6 Å². The highest BCUT2D eigenvalue weighted by molar-refractivity contribution is 5.71. The third-order valence-electron chi connectivity index (χ3n) is 3.10. The van der Waals surface area contributed by atoms with Crippen molar-refractivity contribution in [1.82, 2.24) is 5.06 Å². The van der Waals surface area contributed by atoms with E-state index < -0.39 is 17.7 Å². The SMILES string of the molecule is NC(=O)N(O)[C@H]1C[C@H](c2ccc(F)c(F)c2)C1. The number of nitrogens with two attached hydrogens (primary N) is 1. The first-order valence-corrected chi connectivity index (χ1v) is 5.21. The van der Waals surface area contributed by atoms with E-state index in [1.165, 1.54) is 6.07 Å². The van der Waals surface area contributed by atoms with E-state index in [2.05, 4.69) is 0 Å². The molecule has 0 saturated heterocycles. The zero-order chi connectivity index (χ0) is 12.6. The van der Waals surface area contributed by atoms with Gasteiger partial charge in [-0.1, -0.05) is 6.07 Å². The van der Waals surface area contributed by atoms with E-state index in [1.807, 2.05) is 0 Å². The van der Waals surface area contributed by atoms with Gasteiger partial charge in [0.05, 0.1) is 6.04 Å². The van der Waals surface area contributed by atoms with Gasteiger partial charge in [-0.2, -0.15) is 0 Å². The van der Waals surface area contributed by atoms with Gasteiger partial charge in [-0.05, 0) is 36.5 Å². The van der Waals surface area contributed by atoms with E-state index >= 15 is 0 Å². The van der Waals surface area contributed by atoms with Crippen molar-refractivity contribution < 1.29 is 18.8 Å². The van der Waals surface area contributed by atoms with Crippen LogP contribution in [0.5, 0.6) is 0 Å². The highest BCUT2D eigenvalue weighted by Gasteiger charge is 2.36. The number of hydrogen-bond acceptors (Lipinski definition) is 2. The molecule has 0 heterocycles. The Morgan fingerprint density at radius 1 is 1.35 bits per heavy atom. The van der Waals surface area contributed by atoms with Gasteiger partial charge in [0.1, 0.15) is 0 Å². The van der Waals surface area contributed by atoms with Crippen molar-refractivity contribution in [2.24, 2.45) is 5.73 Å². The molecule has 0 spiro atoms. The number of amides is 2. The van der Waals surface area contributed by atoms with Crippen LogP contribution in [0.15, 0.2) is 18.2 Å². The number of urea groups is 1. The molecule has 92 valence electrons. The zero-order valence-corrected chi connectivity index (χ0v) is 8.94. The Balaban J connectivity index is 1.99. The molecule has 0 unspecified atom stereocenters. The van der Waals surface area contributed by atoms with E-state index in [-0.39, 0.29) is 12.0 Å². The normalized spacial score (nSPS) is 23.0. The molecule has 1 aliphatic rings. The smallest absolute Gasteiger partial charge is 0.338 e. The van der Waals surface area contributed by atoms with E-state index in [9.17, 15) is 18.8 Å². The van der Waals surface area contributed by atoms with Crippen LogP contribution in [0.3, 0.4) is 0 Å². The molecule has 0 bridgehead atoms. The zero-order valence-electron chi connectivity index (χ0n) is 8.94. The molecule has 17 heavy (non-hydrogen) atoms. The molecule has 1 aromatic rings. The first-order valence-electron chi connectivity index (χ1n) is 5.21. The summed E-state index contributed by atoms with van der Waals surface area (Å²) >= 11 is 0. The molecule has 1 fully saturated rings. The van der Waals surface area contributed by atoms with Crippen LogP contribution in [-0.2, 0) is 0 Å². The van der Waals surface area contributed by atoms with Crippen molar-refractivity contribution >= 4 is 6.03 Å². The lowest BCUT2D eigenvalue weighted by Gasteiger charge is -2.39. The molecular formula is C11H12F2N2O2. The van der Waals surface area contributed by atoms with Gasteiger partial charge in [-0.25, -0.2) is 18.6 Å². The van der Waals surface area contributed by atoms with Gasteiger partial charge in [0.2, 0.25) is 0 Å². The van der Waals surface area contributed by atoms with Crippen LogP contribution >= 0.6 is 0 Å². The first-order chi connectivity index (χ1) is 7.99. The predicted octanol–water partition coefficient (Wildman–Crippen LogP) is 1.98. The number of hydroxylamine groups is 2. The van der Waals surface area contributed by atoms with Crippen LogP contribution in [-0.4, -0.2) is 22.3 Å². The van der Waals surface area contributed by atoms with Crippen LogP contribution in [0.1, 0.15) is 24.3 Å². The maximum Gasteiger partial charge on any atom is 0.338 e. The number of carbonyl (C=O) groups is 1. The number of benzene rings is 1. The van der Waals surface area contributed by atoms with E-state index in [0.29, 0.717) is 23.5 Å². The monoisotopic (exact) mass is 242 g/mol. The minimum atomic E-state index is -0.904. The second-order valence-corrected chi connectivity index (χ2v) is 4.18. The number of primary amides is 1. The Hall–Kier alpha value is -1.69. The Kier molecular flexibility index (Phi) is 2.97. The van der Waals surface area contributed by atoms with E-state index in [0.717, 1.165) is 12.1 Å². The second-order valence-electron chi connectivity index (χ2n) is 4.18. The quantitative estimate of drug-likeness (QED) is 0.615. The largest absolute Gasteiger partial charge is 0.350 e. The van der Waals surface area contributed by atoms with Crippen LogP contribution in [0.25, 0.3) is 0 Å². The molecule has 0 aromatic heterocycles. The molecule has 1 aromatic carbocycles. The fourth-order valence-electron chi connectivity index (χ4n) is 2.01. The molecule has 2 amide bonds. The topological polar surface area (TPSA) is 66.6 Å². The van der Waals surface area contributed by atoms with Crippen molar-refractivity contribution in [3.8, 4) is 0 Å². The summed E-state index contributed by atoms with van der Waals surface area (Å²) in [5, 5.41) is 9.72. The van der Waals surface area contributed by atoms with E-state index in [1.54, 1.807) is 0 Å². The summed E-state index contributed by atoms with van der Waals surface area (Å²) in [6, 6.07) is 2.47. The fourth-order valence-corrected chi connectivity index (χ4v) is 2.01. The Morgan fingerprint density at radius 2 is 2.00 bits per heavy atom. The number of hydrogen-bond donors (Lipinski definition) is 2.